The average molecular weight is 249 g/mol. The van der Waals surface area contributed by atoms with Crippen molar-refractivity contribution in [1.82, 2.24) is 0 Å². The summed E-state index contributed by atoms with van der Waals surface area (Å²) >= 11 is 4.26. The lowest BCUT2D eigenvalue weighted by Gasteiger charge is -1.90. The molecule has 1 heterocycles. The minimum atomic E-state index is -1.07. The van der Waals surface area contributed by atoms with Crippen molar-refractivity contribution in [2.24, 2.45) is 0 Å². The number of carboxylic acid groups (broad SMARTS) is 1. The first-order chi connectivity index (χ1) is 5.52. The first-order valence-electron chi connectivity index (χ1n) is 3.06. The molecule has 0 amide bonds. The van der Waals surface area contributed by atoms with Crippen molar-refractivity contribution in [2.75, 3.05) is 0 Å². The Labute approximate surface area is 81.2 Å². The van der Waals surface area contributed by atoms with Crippen molar-refractivity contribution < 1.29 is 14.7 Å². The molecule has 0 saturated heterocycles. The molecule has 5 heteroatoms. The lowest BCUT2D eigenvalue weighted by atomic mass is 10.2. The van der Waals surface area contributed by atoms with Crippen LogP contribution in [0.2, 0.25) is 0 Å². The molecular formula is C7H5BrO3S. The molecule has 0 atom stereocenters. The summed E-state index contributed by atoms with van der Waals surface area (Å²) in [5.74, 6) is -1.29. The summed E-state index contributed by atoms with van der Waals surface area (Å²) in [6.45, 7) is 1.35. The molecule has 0 saturated carbocycles. The number of carbonyl (C=O) groups excluding carboxylic acids is 1. The zero-order valence-corrected chi connectivity index (χ0v) is 8.53. The summed E-state index contributed by atoms with van der Waals surface area (Å²) in [4.78, 5) is 21.8. The Morgan fingerprint density at radius 2 is 2.17 bits per heavy atom. The van der Waals surface area contributed by atoms with Gasteiger partial charge in [0.25, 0.3) is 0 Å². The second-order valence-electron chi connectivity index (χ2n) is 2.15. The quantitative estimate of drug-likeness (QED) is 0.819. The zero-order chi connectivity index (χ0) is 9.30. The molecular weight excluding hydrogens is 244 g/mol. The fourth-order valence-electron chi connectivity index (χ4n) is 0.781. The first-order valence-corrected chi connectivity index (χ1v) is 4.67. The van der Waals surface area contributed by atoms with E-state index in [2.05, 4.69) is 15.9 Å². The number of rotatable bonds is 2. The third-order valence-corrected chi connectivity index (χ3v) is 2.99. The highest BCUT2D eigenvalue weighted by molar-refractivity contribution is 9.11. The highest BCUT2D eigenvalue weighted by Crippen LogP contribution is 2.27. The van der Waals surface area contributed by atoms with E-state index in [1.165, 1.54) is 13.0 Å². The topological polar surface area (TPSA) is 54.4 Å². The largest absolute Gasteiger partial charge is 0.478 e. The van der Waals surface area contributed by atoms with Crippen molar-refractivity contribution in [3.63, 3.8) is 0 Å². The summed E-state index contributed by atoms with van der Waals surface area (Å²) in [7, 11) is 0. The second-order valence-corrected chi connectivity index (χ2v) is 4.59. The predicted molar refractivity (Wildman–Crippen MR) is 49.0 cm³/mol. The SMILES string of the molecule is CC(=O)c1sc(Br)cc1C(=O)O. The maximum absolute atomic E-state index is 10.9. The molecule has 12 heavy (non-hydrogen) atoms. The van der Waals surface area contributed by atoms with E-state index in [1.54, 1.807) is 0 Å². The Morgan fingerprint density at radius 3 is 2.50 bits per heavy atom. The number of halogens is 1. The van der Waals surface area contributed by atoms with Gasteiger partial charge in [-0.3, -0.25) is 4.79 Å². The maximum Gasteiger partial charge on any atom is 0.337 e. The summed E-state index contributed by atoms with van der Waals surface area (Å²) in [5.41, 5.74) is 0.0689. The van der Waals surface area contributed by atoms with Crippen LogP contribution in [0.25, 0.3) is 0 Å². The van der Waals surface area contributed by atoms with Crippen molar-refractivity contribution in [1.29, 1.82) is 0 Å². The monoisotopic (exact) mass is 248 g/mol. The molecule has 0 aliphatic carbocycles. The van der Waals surface area contributed by atoms with Crippen LogP contribution >= 0.6 is 27.3 Å². The van der Waals surface area contributed by atoms with Crippen LogP contribution in [0.15, 0.2) is 9.85 Å². The van der Waals surface area contributed by atoms with E-state index in [0.29, 0.717) is 3.79 Å². The van der Waals surface area contributed by atoms with Crippen molar-refractivity contribution in [3.05, 3.63) is 20.3 Å². The normalized spacial score (nSPS) is 9.83. The summed E-state index contributed by atoms with van der Waals surface area (Å²) in [5, 5.41) is 8.66. The van der Waals surface area contributed by atoms with Crippen molar-refractivity contribution in [3.8, 4) is 0 Å². The van der Waals surface area contributed by atoms with Gasteiger partial charge in [-0.15, -0.1) is 11.3 Å². The number of ketones is 1. The summed E-state index contributed by atoms with van der Waals surface area (Å²) in [6, 6.07) is 1.43. The van der Waals surface area contributed by atoms with Crippen LogP contribution in [0, 0.1) is 0 Å². The minimum absolute atomic E-state index is 0.0689. The molecule has 1 rings (SSSR count). The highest BCUT2D eigenvalue weighted by Gasteiger charge is 2.16. The van der Waals surface area contributed by atoms with Gasteiger partial charge < -0.3 is 5.11 Å². The molecule has 0 aliphatic heterocycles. The number of thiophene rings is 1. The smallest absolute Gasteiger partial charge is 0.337 e. The maximum atomic E-state index is 10.9. The van der Waals surface area contributed by atoms with Gasteiger partial charge in [0, 0.05) is 0 Å². The number of carboxylic acids is 1. The Morgan fingerprint density at radius 1 is 1.58 bits per heavy atom. The number of aromatic carboxylic acids is 1. The fourth-order valence-corrected chi connectivity index (χ4v) is 2.27. The van der Waals surface area contributed by atoms with Gasteiger partial charge in [0.15, 0.2) is 5.78 Å². The molecule has 3 nitrogen and oxygen atoms in total. The molecule has 0 spiro atoms. The molecule has 0 bridgehead atoms. The van der Waals surface area contributed by atoms with Gasteiger partial charge in [-0.2, -0.15) is 0 Å². The van der Waals surface area contributed by atoms with Crippen LogP contribution in [-0.2, 0) is 0 Å². The van der Waals surface area contributed by atoms with E-state index >= 15 is 0 Å². The van der Waals surface area contributed by atoms with Crippen LogP contribution in [-0.4, -0.2) is 16.9 Å². The van der Waals surface area contributed by atoms with E-state index in [-0.39, 0.29) is 16.2 Å². The van der Waals surface area contributed by atoms with Crippen LogP contribution in [0.5, 0.6) is 0 Å². The fraction of sp³-hybridized carbons (Fsp3) is 0.143. The number of carbonyl (C=O) groups is 2. The van der Waals surface area contributed by atoms with Gasteiger partial charge >= 0.3 is 5.97 Å². The molecule has 0 aliphatic rings. The first kappa shape index (κ1) is 9.41. The number of hydrogen-bond donors (Lipinski definition) is 1. The molecule has 1 aromatic heterocycles. The lowest BCUT2D eigenvalue weighted by molar-refractivity contribution is 0.0693. The van der Waals surface area contributed by atoms with Gasteiger partial charge in [0.2, 0.25) is 0 Å². The standard InChI is InChI=1S/C7H5BrO3S/c1-3(9)6-4(7(10)11)2-5(8)12-6/h2H,1H3,(H,10,11). The summed E-state index contributed by atoms with van der Waals surface area (Å²) < 4.78 is 0.658. The summed E-state index contributed by atoms with van der Waals surface area (Å²) in [6.07, 6.45) is 0. The van der Waals surface area contributed by atoms with Gasteiger partial charge in [-0.05, 0) is 28.9 Å². The highest BCUT2D eigenvalue weighted by atomic mass is 79.9. The molecule has 0 unspecified atom stereocenters. The lowest BCUT2D eigenvalue weighted by Crippen LogP contribution is -2.00. The number of hydrogen-bond acceptors (Lipinski definition) is 3. The van der Waals surface area contributed by atoms with Crippen LogP contribution in [0.4, 0.5) is 0 Å². The van der Waals surface area contributed by atoms with Crippen LogP contribution in [0.1, 0.15) is 27.0 Å². The van der Waals surface area contributed by atoms with Crippen LogP contribution in [0.3, 0.4) is 0 Å². The van der Waals surface area contributed by atoms with Gasteiger partial charge in [-0.1, -0.05) is 0 Å². The van der Waals surface area contributed by atoms with E-state index in [0.717, 1.165) is 11.3 Å². The Kier molecular flexibility index (Phi) is 2.64. The van der Waals surface area contributed by atoms with E-state index in [1.807, 2.05) is 0 Å². The minimum Gasteiger partial charge on any atom is -0.478 e. The van der Waals surface area contributed by atoms with E-state index < -0.39 is 5.97 Å². The zero-order valence-electron chi connectivity index (χ0n) is 6.13. The average Bonchev–Trinajstić information content (AvgIpc) is 2.31. The van der Waals surface area contributed by atoms with Crippen molar-refractivity contribution in [2.45, 2.75) is 6.92 Å². The van der Waals surface area contributed by atoms with Crippen molar-refractivity contribution >= 4 is 39.0 Å². The third-order valence-electron chi connectivity index (χ3n) is 1.25. The molecule has 1 aromatic rings. The third kappa shape index (κ3) is 1.73. The molecule has 1 N–H and O–H groups in total. The van der Waals surface area contributed by atoms with E-state index in [4.69, 9.17) is 5.11 Å². The molecule has 0 radical (unpaired) electrons. The van der Waals surface area contributed by atoms with E-state index in [9.17, 15) is 9.59 Å². The van der Waals surface area contributed by atoms with Crippen LogP contribution < -0.4 is 0 Å². The predicted octanol–water partition coefficient (Wildman–Crippen LogP) is 2.41. The van der Waals surface area contributed by atoms with Gasteiger partial charge in [-0.25, -0.2) is 4.79 Å². The number of Topliss-reactive ketones (excluding diaryl/α,β-unsaturated/α-hetero) is 1. The second kappa shape index (κ2) is 3.37. The Hall–Kier alpha value is -0.680. The Balaban J connectivity index is 3.26. The molecule has 64 valence electrons. The van der Waals surface area contributed by atoms with Gasteiger partial charge in [0.05, 0.1) is 14.2 Å². The molecule has 0 aromatic carbocycles. The Bertz CT molecular complexity index is 311. The molecule has 0 fully saturated rings. The van der Waals surface area contributed by atoms with Gasteiger partial charge in [0.1, 0.15) is 0 Å².